The molecule has 1 N–H and O–H groups in total. The Morgan fingerprint density at radius 1 is 1.17 bits per heavy atom. The van der Waals surface area contributed by atoms with Gasteiger partial charge in [0.25, 0.3) is 0 Å². The minimum Gasteiger partial charge on any atom is -0.370 e. The summed E-state index contributed by atoms with van der Waals surface area (Å²) in [5.41, 5.74) is 3.13. The first-order chi connectivity index (χ1) is 11.6. The number of aromatic nitrogens is 2. The maximum atomic E-state index is 6.45. The largest absolute Gasteiger partial charge is 0.370 e. The molecule has 0 amide bonds. The number of rotatable bonds is 2. The Hall–Kier alpha value is -1.49. The van der Waals surface area contributed by atoms with Crippen LogP contribution in [0.3, 0.4) is 0 Å². The third-order valence-electron chi connectivity index (χ3n) is 4.26. The molecule has 24 heavy (non-hydrogen) atoms. The maximum Gasteiger partial charge on any atom is 0.133 e. The van der Waals surface area contributed by atoms with Gasteiger partial charge in [0.05, 0.1) is 20.6 Å². The highest BCUT2D eigenvalue weighted by molar-refractivity contribution is 7.15. The van der Waals surface area contributed by atoms with Gasteiger partial charge in [-0.2, -0.15) is 5.10 Å². The van der Waals surface area contributed by atoms with E-state index in [2.05, 4.69) is 24.4 Å². The summed E-state index contributed by atoms with van der Waals surface area (Å²) in [6, 6.07) is 9.95. The van der Waals surface area contributed by atoms with Crippen molar-refractivity contribution in [2.24, 2.45) is 0 Å². The van der Waals surface area contributed by atoms with Gasteiger partial charge in [-0.3, -0.25) is 0 Å². The van der Waals surface area contributed by atoms with Crippen LogP contribution in [0.5, 0.6) is 0 Å². The smallest absolute Gasteiger partial charge is 0.133 e. The maximum absolute atomic E-state index is 6.45. The van der Waals surface area contributed by atoms with E-state index in [0.29, 0.717) is 10.0 Å². The number of thiophene rings is 1. The van der Waals surface area contributed by atoms with Crippen LogP contribution < -0.4 is 5.32 Å². The molecule has 0 spiro atoms. The van der Waals surface area contributed by atoms with Crippen LogP contribution in [0.2, 0.25) is 10.0 Å². The molecule has 0 saturated heterocycles. The highest BCUT2D eigenvalue weighted by Crippen LogP contribution is 2.38. The average Bonchev–Trinajstić information content (AvgIpc) is 3.06. The summed E-state index contributed by atoms with van der Waals surface area (Å²) < 4.78 is 1.92. The number of hydrogen-bond acceptors (Lipinski definition) is 3. The lowest BCUT2D eigenvalue weighted by Gasteiger charge is -2.11. The van der Waals surface area contributed by atoms with Crippen molar-refractivity contribution in [1.29, 1.82) is 0 Å². The van der Waals surface area contributed by atoms with Gasteiger partial charge in [-0.1, -0.05) is 29.3 Å². The number of nitrogens with zero attached hydrogens (tertiary/aromatic N) is 2. The van der Waals surface area contributed by atoms with E-state index in [-0.39, 0.29) is 0 Å². The minimum atomic E-state index is 0.532. The molecule has 3 nitrogen and oxygen atoms in total. The second-order valence-corrected chi connectivity index (χ2v) is 8.03. The predicted molar refractivity (Wildman–Crippen MR) is 103 cm³/mol. The molecule has 0 radical (unpaired) electrons. The van der Waals surface area contributed by atoms with Crippen LogP contribution in [-0.2, 0) is 6.42 Å². The van der Waals surface area contributed by atoms with Crippen LogP contribution in [0, 0.1) is 6.92 Å². The van der Waals surface area contributed by atoms with Crippen LogP contribution in [0.25, 0.3) is 16.3 Å². The van der Waals surface area contributed by atoms with Gasteiger partial charge < -0.3 is 5.32 Å². The Morgan fingerprint density at radius 3 is 2.83 bits per heavy atom. The second-order valence-electron chi connectivity index (χ2n) is 5.95. The summed E-state index contributed by atoms with van der Waals surface area (Å²) in [4.78, 5) is 2.49. The normalized spacial score (nSPS) is 14.1. The molecule has 0 bridgehead atoms. The topological polar surface area (TPSA) is 29.9 Å². The van der Waals surface area contributed by atoms with Crippen LogP contribution in [0.1, 0.15) is 23.3 Å². The summed E-state index contributed by atoms with van der Waals surface area (Å²) >= 11 is 14.4. The number of hydrogen-bond donors (Lipinski definition) is 1. The Kier molecular flexibility index (Phi) is 4.29. The molecule has 3 heterocycles. The SMILES string of the molecule is Cc1ccc(-c2nn(-c3cccc(Cl)c3Cl)c3c2CCCCN3)s1. The molecule has 1 aliphatic heterocycles. The first-order valence-corrected chi connectivity index (χ1v) is 9.59. The van der Waals surface area contributed by atoms with Crippen molar-refractivity contribution in [3.8, 4) is 16.3 Å². The zero-order valence-electron chi connectivity index (χ0n) is 13.3. The van der Waals surface area contributed by atoms with Crippen molar-refractivity contribution in [3.63, 3.8) is 0 Å². The second kappa shape index (κ2) is 6.43. The fraction of sp³-hybridized carbons (Fsp3) is 0.278. The molecule has 124 valence electrons. The van der Waals surface area contributed by atoms with E-state index in [0.717, 1.165) is 43.0 Å². The summed E-state index contributed by atoms with van der Waals surface area (Å²) in [5, 5.41) is 9.52. The Balaban J connectivity index is 1.94. The monoisotopic (exact) mass is 377 g/mol. The Morgan fingerprint density at radius 2 is 2.04 bits per heavy atom. The lowest BCUT2D eigenvalue weighted by Crippen LogP contribution is -2.07. The molecule has 4 rings (SSSR count). The molecule has 0 unspecified atom stereocenters. The van der Waals surface area contributed by atoms with Crippen LogP contribution >= 0.6 is 34.5 Å². The molecule has 0 aliphatic carbocycles. The first kappa shape index (κ1) is 16.0. The standard InChI is InChI=1S/C18H17Cl2N3S/c1-11-8-9-15(24-11)17-12-5-2-3-10-21-18(12)23(22-17)14-7-4-6-13(19)16(14)20/h4,6-9,21H,2-3,5,10H2,1H3. The lowest BCUT2D eigenvalue weighted by atomic mass is 10.1. The molecular formula is C18H17Cl2N3S. The third kappa shape index (κ3) is 2.73. The molecule has 0 atom stereocenters. The van der Waals surface area contributed by atoms with E-state index in [1.165, 1.54) is 15.3 Å². The molecule has 6 heteroatoms. The molecule has 3 aromatic rings. The number of aryl methyl sites for hydroxylation is 1. The van der Waals surface area contributed by atoms with E-state index in [9.17, 15) is 0 Å². The van der Waals surface area contributed by atoms with Gasteiger partial charge in [0.15, 0.2) is 0 Å². The number of nitrogens with one attached hydrogen (secondary N) is 1. The molecule has 2 aromatic heterocycles. The zero-order valence-corrected chi connectivity index (χ0v) is 15.6. The van der Waals surface area contributed by atoms with Gasteiger partial charge in [0.2, 0.25) is 0 Å². The summed E-state index contributed by atoms with van der Waals surface area (Å²) in [6.07, 6.45) is 3.33. The van der Waals surface area contributed by atoms with Crippen LogP contribution in [-0.4, -0.2) is 16.3 Å². The lowest BCUT2D eigenvalue weighted by molar-refractivity contribution is 0.780. The summed E-state index contributed by atoms with van der Waals surface area (Å²) in [6.45, 7) is 3.07. The molecule has 0 fully saturated rings. The fourth-order valence-electron chi connectivity index (χ4n) is 3.09. The number of anilines is 1. The molecule has 0 saturated carbocycles. The minimum absolute atomic E-state index is 0.532. The van der Waals surface area contributed by atoms with E-state index < -0.39 is 0 Å². The number of fused-ring (bicyclic) bond motifs is 1. The van der Waals surface area contributed by atoms with Gasteiger partial charge in [0.1, 0.15) is 11.5 Å². The first-order valence-electron chi connectivity index (χ1n) is 8.02. The number of halogens is 2. The Bertz CT molecular complexity index is 898. The van der Waals surface area contributed by atoms with Crippen molar-refractivity contribution in [2.45, 2.75) is 26.2 Å². The van der Waals surface area contributed by atoms with Crippen molar-refractivity contribution < 1.29 is 0 Å². The fourth-order valence-corrected chi connectivity index (χ4v) is 4.35. The van der Waals surface area contributed by atoms with Gasteiger partial charge in [0, 0.05) is 17.0 Å². The van der Waals surface area contributed by atoms with Crippen LogP contribution in [0.4, 0.5) is 5.82 Å². The number of benzene rings is 1. The molecule has 1 aliphatic rings. The van der Waals surface area contributed by atoms with E-state index in [1.54, 1.807) is 17.4 Å². The van der Waals surface area contributed by atoms with Crippen molar-refractivity contribution in [2.75, 3.05) is 11.9 Å². The van der Waals surface area contributed by atoms with Gasteiger partial charge >= 0.3 is 0 Å². The van der Waals surface area contributed by atoms with Gasteiger partial charge in [-0.15, -0.1) is 11.3 Å². The van der Waals surface area contributed by atoms with E-state index >= 15 is 0 Å². The van der Waals surface area contributed by atoms with E-state index in [1.807, 2.05) is 16.8 Å². The third-order valence-corrected chi connectivity index (χ3v) is 6.08. The highest BCUT2D eigenvalue weighted by atomic mass is 35.5. The zero-order chi connectivity index (χ0) is 16.7. The Labute approximate surface area is 155 Å². The van der Waals surface area contributed by atoms with Crippen LogP contribution in [0.15, 0.2) is 30.3 Å². The average molecular weight is 378 g/mol. The highest BCUT2D eigenvalue weighted by Gasteiger charge is 2.23. The van der Waals surface area contributed by atoms with Gasteiger partial charge in [-0.25, -0.2) is 4.68 Å². The van der Waals surface area contributed by atoms with E-state index in [4.69, 9.17) is 28.3 Å². The van der Waals surface area contributed by atoms with Crippen molar-refractivity contribution >= 4 is 40.4 Å². The summed E-state index contributed by atoms with van der Waals surface area (Å²) in [5.74, 6) is 1.04. The molecule has 1 aromatic carbocycles. The van der Waals surface area contributed by atoms with Crippen molar-refractivity contribution in [3.05, 3.63) is 50.8 Å². The predicted octanol–water partition coefficient (Wildman–Crippen LogP) is 5.96. The quantitative estimate of drug-likeness (QED) is 0.596. The van der Waals surface area contributed by atoms with Crippen molar-refractivity contribution in [1.82, 2.24) is 9.78 Å². The van der Waals surface area contributed by atoms with Gasteiger partial charge in [-0.05, 0) is 50.5 Å². The molecular weight excluding hydrogens is 361 g/mol. The summed E-state index contributed by atoms with van der Waals surface area (Å²) in [7, 11) is 0.